The number of hydrogen-bond donors (Lipinski definition) is 2. The number of benzene rings is 1. The fourth-order valence-corrected chi connectivity index (χ4v) is 2.37. The monoisotopic (exact) mass is 314 g/mol. The van der Waals surface area contributed by atoms with Gasteiger partial charge in [-0.3, -0.25) is 4.98 Å². The second kappa shape index (κ2) is 4.85. The van der Waals surface area contributed by atoms with Crippen LogP contribution >= 0.6 is 15.9 Å². The molecule has 0 aliphatic heterocycles. The third-order valence-electron chi connectivity index (χ3n) is 2.80. The summed E-state index contributed by atoms with van der Waals surface area (Å²) in [4.78, 5) is 8.40. The van der Waals surface area contributed by atoms with E-state index in [1.54, 1.807) is 12.4 Å². The Morgan fingerprint density at radius 2 is 2.05 bits per heavy atom. The number of aromatic nitrogens is 2. The van der Waals surface area contributed by atoms with Crippen molar-refractivity contribution in [2.24, 2.45) is 0 Å². The third-order valence-corrected chi connectivity index (χ3v) is 3.40. The molecule has 0 atom stereocenters. The van der Waals surface area contributed by atoms with E-state index in [9.17, 15) is 0 Å². The maximum Gasteiger partial charge on any atom is 0.144 e. The highest BCUT2D eigenvalue weighted by Crippen LogP contribution is 2.29. The topological polar surface area (TPSA) is 63.8 Å². The lowest BCUT2D eigenvalue weighted by molar-refractivity contribution is 1.29. The van der Waals surface area contributed by atoms with Crippen LogP contribution in [0.1, 0.15) is 0 Å². The summed E-state index contributed by atoms with van der Waals surface area (Å²) in [6, 6.07) is 9.81. The summed E-state index contributed by atoms with van der Waals surface area (Å²) < 4.78 is 0.832. The van der Waals surface area contributed by atoms with Crippen LogP contribution in [-0.2, 0) is 0 Å². The van der Waals surface area contributed by atoms with Crippen molar-refractivity contribution in [3.05, 3.63) is 53.4 Å². The van der Waals surface area contributed by atoms with Crippen molar-refractivity contribution >= 4 is 43.9 Å². The first kappa shape index (κ1) is 11.9. The zero-order valence-electron chi connectivity index (χ0n) is 9.97. The van der Waals surface area contributed by atoms with E-state index < -0.39 is 0 Å². The molecule has 0 spiro atoms. The van der Waals surface area contributed by atoms with Gasteiger partial charge >= 0.3 is 0 Å². The van der Waals surface area contributed by atoms with Crippen molar-refractivity contribution in [3.63, 3.8) is 0 Å². The van der Waals surface area contributed by atoms with Crippen LogP contribution in [0.25, 0.3) is 10.8 Å². The van der Waals surface area contributed by atoms with Gasteiger partial charge in [0.05, 0.1) is 16.4 Å². The van der Waals surface area contributed by atoms with Gasteiger partial charge in [0, 0.05) is 28.9 Å². The second-order valence-electron chi connectivity index (χ2n) is 4.13. The van der Waals surface area contributed by atoms with Gasteiger partial charge in [-0.05, 0) is 34.1 Å². The van der Waals surface area contributed by atoms with E-state index in [2.05, 4.69) is 31.2 Å². The normalized spacial score (nSPS) is 10.6. The van der Waals surface area contributed by atoms with Crippen molar-refractivity contribution in [1.82, 2.24) is 9.97 Å². The number of nitrogens with zero attached hydrogens (tertiary/aromatic N) is 2. The van der Waals surface area contributed by atoms with Crippen molar-refractivity contribution in [1.29, 1.82) is 0 Å². The zero-order valence-corrected chi connectivity index (χ0v) is 11.6. The number of hydrogen-bond acceptors (Lipinski definition) is 4. The van der Waals surface area contributed by atoms with E-state index in [1.165, 1.54) is 0 Å². The van der Waals surface area contributed by atoms with Crippen LogP contribution in [-0.4, -0.2) is 9.97 Å². The van der Waals surface area contributed by atoms with Crippen LogP contribution in [0.15, 0.2) is 53.4 Å². The Morgan fingerprint density at radius 1 is 1.16 bits per heavy atom. The van der Waals surface area contributed by atoms with Gasteiger partial charge in [0.2, 0.25) is 0 Å². The van der Waals surface area contributed by atoms with E-state index in [1.807, 2.05) is 36.5 Å². The second-order valence-corrected chi connectivity index (χ2v) is 4.98. The molecule has 3 aromatic rings. The fourth-order valence-electron chi connectivity index (χ4n) is 1.90. The van der Waals surface area contributed by atoms with Gasteiger partial charge in [-0.1, -0.05) is 12.1 Å². The quantitative estimate of drug-likeness (QED) is 0.756. The van der Waals surface area contributed by atoms with Gasteiger partial charge in [0.15, 0.2) is 0 Å². The van der Waals surface area contributed by atoms with Gasteiger partial charge in [-0.25, -0.2) is 4.98 Å². The molecule has 0 saturated heterocycles. The first-order valence-electron chi connectivity index (χ1n) is 5.75. The van der Waals surface area contributed by atoms with Crippen LogP contribution in [0, 0.1) is 0 Å². The number of pyridine rings is 2. The van der Waals surface area contributed by atoms with Crippen LogP contribution in [0.4, 0.5) is 17.2 Å². The molecule has 0 amide bonds. The van der Waals surface area contributed by atoms with Crippen LogP contribution in [0.2, 0.25) is 0 Å². The van der Waals surface area contributed by atoms with Gasteiger partial charge in [0.25, 0.3) is 0 Å². The van der Waals surface area contributed by atoms with Crippen molar-refractivity contribution in [2.45, 2.75) is 0 Å². The molecular formula is C14H11BrN4. The highest BCUT2D eigenvalue weighted by molar-refractivity contribution is 9.10. The Hall–Kier alpha value is -2.14. The molecule has 0 bridgehead atoms. The zero-order chi connectivity index (χ0) is 13.2. The average Bonchev–Trinajstić information content (AvgIpc) is 2.42. The summed E-state index contributed by atoms with van der Waals surface area (Å²) in [5.74, 6) is 0.735. The summed E-state index contributed by atoms with van der Waals surface area (Å²) in [7, 11) is 0. The van der Waals surface area contributed by atoms with Gasteiger partial charge < -0.3 is 11.1 Å². The number of fused-ring (bicyclic) bond motifs is 1. The molecule has 0 aliphatic rings. The van der Waals surface area contributed by atoms with E-state index in [0.717, 1.165) is 26.8 Å². The van der Waals surface area contributed by atoms with Crippen molar-refractivity contribution in [2.75, 3.05) is 11.1 Å². The minimum Gasteiger partial charge on any atom is -0.397 e. The molecule has 0 radical (unpaired) electrons. The van der Waals surface area contributed by atoms with Crippen LogP contribution < -0.4 is 11.1 Å². The Balaban J connectivity index is 2.06. The minimum absolute atomic E-state index is 0.625. The van der Waals surface area contributed by atoms with E-state index in [4.69, 9.17) is 5.73 Å². The highest BCUT2D eigenvalue weighted by atomic mass is 79.9. The lowest BCUT2D eigenvalue weighted by Gasteiger charge is -2.10. The molecule has 0 aliphatic carbocycles. The van der Waals surface area contributed by atoms with E-state index in [0.29, 0.717) is 5.69 Å². The molecule has 0 fully saturated rings. The molecule has 0 unspecified atom stereocenters. The lowest BCUT2D eigenvalue weighted by atomic mass is 10.1. The molecule has 94 valence electrons. The Bertz CT molecular complexity index is 737. The van der Waals surface area contributed by atoms with Crippen LogP contribution in [0.3, 0.4) is 0 Å². The molecule has 3 rings (SSSR count). The van der Waals surface area contributed by atoms with Gasteiger partial charge in [0.1, 0.15) is 5.82 Å². The first-order valence-corrected chi connectivity index (χ1v) is 6.54. The summed E-state index contributed by atoms with van der Waals surface area (Å²) in [5.41, 5.74) is 7.29. The predicted molar refractivity (Wildman–Crippen MR) is 81.4 cm³/mol. The van der Waals surface area contributed by atoms with E-state index in [-0.39, 0.29) is 0 Å². The maximum absolute atomic E-state index is 5.68. The summed E-state index contributed by atoms with van der Waals surface area (Å²) in [5, 5.41) is 5.48. The van der Waals surface area contributed by atoms with Crippen molar-refractivity contribution < 1.29 is 0 Å². The number of halogens is 1. The average molecular weight is 315 g/mol. The van der Waals surface area contributed by atoms with Gasteiger partial charge in [-0.15, -0.1) is 0 Å². The minimum atomic E-state index is 0.625. The third kappa shape index (κ3) is 2.37. The molecule has 2 heterocycles. The summed E-state index contributed by atoms with van der Waals surface area (Å²) >= 11 is 3.45. The highest BCUT2D eigenvalue weighted by Gasteiger charge is 2.05. The number of nitrogens with two attached hydrogens (primary N) is 1. The molecule has 1 aromatic carbocycles. The van der Waals surface area contributed by atoms with Crippen LogP contribution in [0.5, 0.6) is 0 Å². The summed E-state index contributed by atoms with van der Waals surface area (Å²) in [6.45, 7) is 0. The fraction of sp³-hybridized carbons (Fsp3) is 0. The number of nitrogen functional groups attached to an aromatic ring is 1. The molecule has 19 heavy (non-hydrogen) atoms. The number of nitrogens with one attached hydrogen (secondary N) is 1. The van der Waals surface area contributed by atoms with Crippen molar-refractivity contribution in [3.8, 4) is 0 Å². The molecule has 4 nitrogen and oxygen atoms in total. The lowest BCUT2D eigenvalue weighted by Crippen LogP contribution is -1.97. The smallest absolute Gasteiger partial charge is 0.144 e. The molecule has 5 heteroatoms. The Morgan fingerprint density at radius 3 is 2.89 bits per heavy atom. The van der Waals surface area contributed by atoms with Gasteiger partial charge in [-0.2, -0.15) is 0 Å². The standard InChI is InChI=1S/C14H11BrN4/c15-12-6-10(16)8-18-14(12)19-13-3-1-2-9-7-17-5-4-11(9)13/h1-8H,16H2,(H,18,19). The SMILES string of the molecule is Nc1cnc(Nc2cccc3cnccc23)c(Br)c1. The van der Waals surface area contributed by atoms with E-state index >= 15 is 0 Å². The molecule has 2 aromatic heterocycles. The maximum atomic E-state index is 5.68. The number of anilines is 3. The predicted octanol–water partition coefficient (Wildman–Crippen LogP) is 3.72. The Kier molecular flexibility index (Phi) is 3.05. The molecular weight excluding hydrogens is 304 g/mol. The first-order chi connectivity index (χ1) is 9.24. The summed E-state index contributed by atoms with van der Waals surface area (Å²) in [6.07, 6.45) is 5.24. The molecule has 3 N–H and O–H groups in total. The number of rotatable bonds is 2. The Labute approximate surface area is 118 Å². The largest absolute Gasteiger partial charge is 0.397 e. The molecule has 0 saturated carbocycles.